The predicted octanol–water partition coefficient (Wildman–Crippen LogP) is 7.80. The van der Waals surface area contributed by atoms with Crippen molar-refractivity contribution in [1.82, 2.24) is 0 Å². The number of hydrogen-bond acceptors (Lipinski definition) is 1. The first-order valence-corrected chi connectivity index (χ1v) is 13.3. The zero-order chi connectivity index (χ0) is 21.7. The van der Waals surface area contributed by atoms with Crippen LogP contribution < -0.4 is 0 Å². The van der Waals surface area contributed by atoms with E-state index in [0.29, 0.717) is 22.7 Å². The Labute approximate surface area is 186 Å². The summed E-state index contributed by atoms with van der Waals surface area (Å²) in [6.07, 6.45) is 19.2. The fraction of sp³-hybridized carbons (Fsp3) is 0.862. The van der Waals surface area contributed by atoms with Gasteiger partial charge in [-0.2, -0.15) is 0 Å². The van der Waals surface area contributed by atoms with Crippen molar-refractivity contribution in [3.63, 3.8) is 0 Å². The van der Waals surface area contributed by atoms with Crippen LogP contribution >= 0.6 is 0 Å². The Kier molecular flexibility index (Phi) is 6.35. The Bertz CT molecular complexity index is 674. The fourth-order valence-electron chi connectivity index (χ4n) is 8.68. The Morgan fingerprint density at radius 3 is 2.40 bits per heavy atom. The molecule has 3 fully saturated rings. The average molecular weight is 413 g/mol. The molecule has 4 rings (SSSR count). The molecule has 0 aromatic heterocycles. The summed E-state index contributed by atoms with van der Waals surface area (Å²) in [6, 6.07) is 0. The normalized spacial score (nSPS) is 45.6. The summed E-state index contributed by atoms with van der Waals surface area (Å²) in [5.74, 6) is 5.32. The van der Waals surface area contributed by atoms with E-state index in [0.717, 1.165) is 42.4 Å². The summed E-state index contributed by atoms with van der Waals surface area (Å²) in [7, 11) is 0. The van der Waals surface area contributed by atoms with Crippen molar-refractivity contribution in [2.75, 3.05) is 0 Å². The Hall–Kier alpha value is -0.560. The molecule has 1 nitrogen and oxygen atoms in total. The Morgan fingerprint density at radius 2 is 1.70 bits per heavy atom. The quantitative estimate of drug-likeness (QED) is 0.457. The lowest BCUT2D eigenvalue weighted by Gasteiger charge is -2.57. The highest BCUT2D eigenvalue weighted by Gasteiger charge is 2.57. The van der Waals surface area contributed by atoms with Gasteiger partial charge in [0.1, 0.15) is 0 Å². The van der Waals surface area contributed by atoms with E-state index in [2.05, 4.69) is 59.8 Å². The molecule has 1 N–H and O–H groups in total. The van der Waals surface area contributed by atoms with Crippen LogP contribution in [0.15, 0.2) is 23.8 Å². The van der Waals surface area contributed by atoms with Crippen LogP contribution in [0.25, 0.3) is 0 Å². The molecule has 1 heteroatoms. The molecule has 4 aliphatic rings. The largest absolute Gasteiger partial charge is 0.393 e. The van der Waals surface area contributed by atoms with Gasteiger partial charge in [-0.15, -0.1) is 0 Å². The van der Waals surface area contributed by atoms with E-state index in [1.165, 1.54) is 44.9 Å². The Morgan fingerprint density at radius 1 is 1.00 bits per heavy atom. The summed E-state index contributed by atoms with van der Waals surface area (Å²) in [4.78, 5) is 0. The van der Waals surface area contributed by atoms with Crippen LogP contribution in [0.1, 0.15) is 99.3 Å². The molecule has 0 amide bonds. The molecule has 0 unspecified atom stereocenters. The van der Waals surface area contributed by atoms with Crippen molar-refractivity contribution in [3.8, 4) is 0 Å². The van der Waals surface area contributed by atoms with Gasteiger partial charge in [0.25, 0.3) is 0 Å². The highest BCUT2D eigenvalue weighted by atomic mass is 16.3. The topological polar surface area (TPSA) is 20.2 Å². The lowest BCUT2D eigenvalue weighted by Crippen LogP contribution is -2.49. The minimum Gasteiger partial charge on any atom is -0.393 e. The van der Waals surface area contributed by atoms with Gasteiger partial charge in [-0.1, -0.05) is 65.3 Å². The van der Waals surface area contributed by atoms with Crippen molar-refractivity contribution in [1.29, 1.82) is 0 Å². The summed E-state index contributed by atoms with van der Waals surface area (Å²) >= 11 is 0. The van der Waals surface area contributed by atoms with Gasteiger partial charge < -0.3 is 5.11 Å². The second-order valence-corrected chi connectivity index (χ2v) is 12.5. The second kappa shape index (κ2) is 8.42. The monoisotopic (exact) mass is 412 g/mol. The molecular formula is C29H48O. The first kappa shape index (κ1) is 22.6. The first-order valence-electron chi connectivity index (χ1n) is 13.3. The molecule has 0 bridgehead atoms. The van der Waals surface area contributed by atoms with Crippen LogP contribution in [0.4, 0.5) is 0 Å². The fourth-order valence-corrected chi connectivity index (χ4v) is 8.68. The molecule has 0 radical (unpaired) electrons. The van der Waals surface area contributed by atoms with E-state index < -0.39 is 0 Å². The maximum Gasteiger partial charge on any atom is 0.0543 e. The predicted molar refractivity (Wildman–Crippen MR) is 128 cm³/mol. The van der Waals surface area contributed by atoms with E-state index in [1.807, 2.05) is 5.57 Å². The van der Waals surface area contributed by atoms with Crippen molar-refractivity contribution in [2.24, 2.45) is 52.3 Å². The first-order chi connectivity index (χ1) is 14.2. The van der Waals surface area contributed by atoms with Crippen molar-refractivity contribution in [2.45, 2.75) is 105 Å². The maximum atomic E-state index is 10.3. The Balaban J connectivity index is 1.53. The molecular weight excluding hydrogens is 364 g/mol. The molecule has 9 atom stereocenters. The molecule has 30 heavy (non-hydrogen) atoms. The van der Waals surface area contributed by atoms with Gasteiger partial charge in [0.05, 0.1) is 6.10 Å². The number of allylic oxidation sites excluding steroid dienone is 4. The van der Waals surface area contributed by atoms with Gasteiger partial charge in [-0.3, -0.25) is 0 Å². The third-order valence-corrected chi connectivity index (χ3v) is 10.7. The van der Waals surface area contributed by atoms with Crippen LogP contribution in [0.5, 0.6) is 0 Å². The molecule has 0 aromatic carbocycles. The number of aliphatic hydroxyl groups excluding tert-OH is 1. The lowest BCUT2D eigenvalue weighted by molar-refractivity contribution is -0.0414. The standard InChI is InChI=1S/C29H48O/c1-7-21(19(2)3)9-8-20(4)25-12-13-26-24-11-10-22-18-23(30)14-16-28(22,5)27(24)15-17-29(25,26)6/h8-9,11,19-23,25-27,30H,7,10,12-18H2,1-6H3/b9-8+/t20-,21+,22+,23-,25-,26-,27-,28+,29-/m1/s1. The third-order valence-electron chi connectivity index (χ3n) is 10.7. The van der Waals surface area contributed by atoms with Crippen LogP contribution in [-0.2, 0) is 0 Å². The number of aliphatic hydroxyl groups is 1. The van der Waals surface area contributed by atoms with E-state index in [4.69, 9.17) is 0 Å². The minimum absolute atomic E-state index is 0.0480. The molecule has 0 aromatic rings. The van der Waals surface area contributed by atoms with Gasteiger partial charge in [0.2, 0.25) is 0 Å². The molecule has 170 valence electrons. The summed E-state index contributed by atoms with van der Waals surface area (Å²) in [6.45, 7) is 14.8. The number of rotatable bonds is 5. The lowest BCUT2D eigenvalue weighted by atomic mass is 9.47. The molecule has 4 aliphatic carbocycles. The van der Waals surface area contributed by atoms with Crippen LogP contribution in [-0.4, -0.2) is 11.2 Å². The van der Waals surface area contributed by atoms with Gasteiger partial charge >= 0.3 is 0 Å². The zero-order valence-corrected chi connectivity index (χ0v) is 20.7. The van der Waals surface area contributed by atoms with E-state index >= 15 is 0 Å². The minimum atomic E-state index is -0.0480. The van der Waals surface area contributed by atoms with E-state index in [1.54, 1.807) is 0 Å². The van der Waals surface area contributed by atoms with Crippen LogP contribution in [0, 0.1) is 52.3 Å². The van der Waals surface area contributed by atoms with Crippen molar-refractivity contribution >= 4 is 0 Å². The SMILES string of the molecule is CC[C@@H](/C=C/[C@@H](C)[C@H]1CC[C@@H]2C3=CC[C@H]4C[C@H](O)CC[C@]4(C)[C@@H]3CC[C@@]21C)C(C)C. The van der Waals surface area contributed by atoms with Gasteiger partial charge in [-0.05, 0) is 110 Å². The zero-order valence-electron chi connectivity index (χ0n) is 20.7. The molecule has 0 heterocycles. The summed E-state index contributed by atoms with van der Waals surface area (Å²) < 4.78 is 0. The summed E-state index contributed by atoms with van der Waals surface area (Å²) in [5.41, 5.74) is 2.79. The maximum absolute atomic E-state index is 10.3. The van der Waals surface area contributed by atoms with E-state index in [9.17, 15) is 5.11 Å². The molecule has 0 saturated heterocycles. The second-order valence-electron chi connectivity index (χ2n) is 12.5. The third kappa shape index (κ3) is 3.66. The van der Waals surface area contributed by atoms with Crippen molar-refractivity contribution in [3.05, 3.63) is 23.8 Å². The van der Waals surface area contributed by atoms with Gasteiger partial charge in [-0.25, -0.2) is 0 Å². The summed E-state index contributed by atoms with van der Waals surface area (Å²) in [5, 5.41) is 10.3. The molecule has 0 spiro atoms. The van der Waals surface area contributed by atoms with Crippen LogP contribution in [0.2, 0.25) is 0 Å². The van der Waals surface area contributed by atoms with Gasteiger partial charge in [0.15, 0.2) is 0 Å². The van der Waals surface area contributed by atoms with Crippen LogP contribution in [0.3, 0.4) is 0 Å². The van der Waals surface area contributed by atoms with Crippen molar-refractivity contribution < 1.29 is 5.11 Å². The molecule has 3 saturated carbocycles. The smallest absolute Gasteiger partial charge is 0.0543 e. The highest BCUT2D eigenvalue weighted by molar-refractivity contribution is 5.28. The molecule has 0 aliphatic heterocycles. The number of hydrogen-bond donors (Lipinski definition) is 1. The highest BCUT2D eigenvalue weighted by Crippen LogP contribution is 2.66. The van der Waals surface area contributed by atoms with Gasteiger partial charge in [0, 0.05) is 0 Å². The average Bonchev–Trinajstić information content (AvgIpc) is 3.06. The van der Waals surface area contributed by atoms with E-state index in [-0.39, 0.29) is 6.10 Å². The number of fused-ring (bicyclic) bond motifs is 5.